The van der Waals surface area contributed by atoms with Crippen LogP contribution >= 0.6 is 0 Å². The van der Waals surface area contributed by atoms with Gasteiger partial charge in [0, 0.05) is 24.5 Å². The molecule has 0 aliphatic carbocycles. The van der Waals surface area contributed by atoms with E-state index in [-0.39, 0.29) is 5.92 Å². The van der Waals surface area contributed by atoms with Gasteiger partial charge in [0.25, 0.3) is 0 Å². The molecule has 0 radical (unpaired) electrons. The Morgan fingerprint density at radius 3 is 2.77 bits per heavy atom. The van der Waals surface area contributed by atoms with Crippen molar-refractivity contribution in [3.8, 4) is 0 Å². The van der Waals surface area contributed by atoms with Crippen molar-refractivity contribution >= 4 is 5.97 Å². The lowest BCUT2D eigenvalue weighted by Gasteiger charge is -2.14. The van der Waals surface area contributed by atoms with Gasteiger partial charge in [0.1, 0.15) is 6.04 Å². The minimum Gasteiger partial charge on any atom is -0.480 e. The number of aromatic nitrogens is 2. The Morgan fingerprint density at radius 1 is 1.62 bits per heavy atom. The SMILES string of the molecule is CC(c1cnccn1)C(N)C(=O)O. The monoisotopic (exact) mass is 181 g/mol. The predicted molar refractivity (Wildman–Crippen MR) is 46.1 cm³/mol. The van der Waals surface area contributed by atoms with Gasteiger partial charge in [0.2, 0.25) is 0 Å². The topological polar surface area (TPSA) is 89.1 Å². The van der Waals surface area contributed by atoms with E-state index in [1.807, 2.05) is 0 Å². The molecule has 13 heavy (non-hydrogen) atoms. The molecule has 0 spiro atoms. The Hall–Kier alpha value is -1.49. The van der Waals surface area contributed by atoms with Crippen LogP contribution in [0.3, 0.4) is 0 Å². The van der Waals surface area contributed by atoms with Gasteiger partial charge >= 0.3 is 5.97 Å². The molecule has 5 nitrogen and oxygen atoms in total. The second-order valence-corrected chi connectivity index (χ2v) is 2.78. The van der Waals surface area contributed by atoms with Gasteiger partial charge in [-0.25, -0.2) is 0 Å². The molecule has 3 N–H and O–H groups in total. The molecule has 2 unspecified atom stereocenters. The summed E-state index contributed by atoms with van der Waals surface area (Å²) in [4.78, 5) is 18.4. The van der Waals surface area contributed by atoms with Crippen molar-refractivity contribution < 1.29 is 9.90 Å². The molecule has 70 valence electrons. The number of nitrogens with zero attached hydrogens (tertiary/aromatic N) is 2. The Bertz CT molecular complexity index is 289. The summed E-state index contributed by atoms with van der Waals surface area (Å²) in [7, 11) is 0. The van der Waals surface area contributed by atoms with Crippen molar-refractivity contribution in [3.63, 3.8) is 0 Å². The lowest BCUT2D eigenvalue weighted by molar-refractivity contribution is -0.139. The van der Waals surface area contributed by atoms with E-state index in [2.05, 4.69) is 9.97 Å². The van der Waals surface area contributed by atoms with E-state index in [9.17, 15) is 4.79 Å². The van der Waals surface area contributed by atoms with E-state index in [0.29, 0.717) is 5.69 Å². The third-order valence-corrected chi connectivity index (χ3v) is 1.87. The highest BCUT2D eigenvalue weighted by Gasteiger charge is 2.22. The number of carbonyl (C=O) groups is 1. The summed E-state index contributed by atoms with van der Waals surface area (Å²) in [5, 5.41) is 8.64. The van der Waals surface area contributed by atoms with E-state index in [0.717, 1.165) is 0 Å². The Morgan fingerprint density at radius 2 is 2.31 bits per heavy atom. The molecule has 1 rings (SSSR count). The van der Waals surface area contributed by atoms with Gasteiger partial charge in [-0.1, -0.05) is 6.92 Å². The van der Waals surface area contributed by atoms with Crippen LogP contribution in [0, 0.1) is 0 Å². The Kier molecular flexibility index (Phi) is 2.92. The highest BCUT2D eigenvalue weighted by atomic mass is 16.4. The molecule has 0 fully saturated rings. The summed E-state index contributed by atoms with van der Waals surface area (Å²) in [5.41, 5.74) is 6.02. The van der Waals surface area contributed by atoms with Crippen LogP contribution in [-0.4, -0.2) is 27.1 Å². The minimum atomic E-state index is -1.03. The molecule has 0 bridgehead atoms. The van der Waals surface area contributed by atoms with Crippen molar-refractivity contribution in [3.05, 3.63) is 24.3 Å². The quantitative estimate of drug-likeness (QED) is 0.684. The van der Waals surface area contributed by atoms with Gasteiger partial charge in [-0.05, 0) is 0 Å². The molecule has 1 aromatic rings. The van der Waals surface area contributed by atoms with Crippen LogP contribution in [0.4, 0.5) is 0 Å². The lowest BCUT2D eigenvalue weighted by atomic mass is 10.00. The molecule has 1 heterocycles. The summed E-state index contributed by atoms with van der Waals surface area (Å²) in [5.74, 6) is -1.36. The average Bonchev–Trinajstić information content (AvgIpc) is 2.17. The predicted octanol–water partition coefficient (Wildman–Crippen LogP) is -0.00800. The molecular formula is C8H11N3O2. The van der Waals surface area contributed by atoms with E-state index in [4.69, 9.17) is 10.8 Å². The summed E-state index contributed by atoms with van der Waals surface area (Å²) in [6.45, 7) is 1.71. The first-order valence-corrected chi connectivity index (χ1v) is 3.87. The maximum Gasteiger partial charge on any atom is 0.321 e. The molecule has 0 saturated heterocycles. The van der Waals surface area contributed by atoms with Gasteiger partial charge < -0.3 is 10.8 Å². The third-order valence-electron chi connectivity index (χ3n) is 1.87. The first-order valence-electron chi connectivity index (χ1n) is 3.87. The number of nitrogens with two attached hydrogens (primary N) is 1. The van der Waals surface area contributed by atoms with Crippen LogP contribution in [-0.2, 0) is 4.79 Å². The average molecular weight is 181 g/mol. The molecule has 1 aromatic heterocycles. The van der Waals surface area contributed by atoms with Gasteiger partial charge in [0.05, 0.1) is 5.69 Å². The smallest absolute Gasteiger partial charge is 0.321 e. The summed E-state index contributed by atoms with van der Waals surface area (Å²) in [6, 6.07) is -0.934. The molecule has 0 aliphatic rings. The zero-order valence-corrected chi connectivity index (χ0v) is 7.21. The van der Waals surface area contributed by atoms with Gasteiger partial charge in [-0.2, -0.15) is 0 Å². The summed E-state index contributed by atoms with van der Waals surface area (Å²) in [6.07, 6.45) is 4.57. The van der Waals surface area contributed by atoms with E-state index in [1.54, 1.807) is 6.92 Å². The second-order valence-electron chi connectivity index (χ2n) is 2.78. The fourth-order valence-corrected chi connectivity index (χ4v) is 0.944. The van der Waals surface area contributed by atoms with Crippen LogP contribution in [0.15, 0.2) is 18.6 Å². The highest BCUT2D eigenvalue weighted by Crippen LogP contribution is 2.13. The van der Waals surface area contributed by atoms with Crippen molar-refractivity contribution in [2.45, 2.75) is 18.9 Å². The van der Waals surface area contributed by atoms with Crippen LogP contribution in [0.1, 0.15) is 18.5 Å². The van der Waals surface area contributed by atoms with Crippen LogP contribution in [0.2, 0.25) is 0 Å². The molecule has 0 amide bonds. The standard InChI is InChI=1S/C8H11N3O2/c1-5(7(9)8(12)13)6-4-10-2-3-11-6/h2-5,7H,9H2,1H3,(H,12,13). The number of rotatable bonds is 3. The van der Waals surface area contributed by atoms with Gasteiger partial charge in [0.15, 0.2) is 0 Å². The zero-order chi connectivity index (χ0) is 9.84. The lowest BCUT2D eigenvalue weighted by Crippen LogP contribution is -2.35. The first kappa shape index (κ1) is 9.60. The van der Waals surface area contributed by atoms with Crippen molar-refractivity contribution in [2.24, 2.45) is 5.73 Å². The maximum atomic E-state index is 10.5. The number of aliphatic carboxylic acids is 1. The van der Waals surface area contributed by atoms with Crippen molar-refractivity contribution in [1.29, 1.82) is 0 Å². The van der Waals surface area contributed by atoms with E-state index in [1.165, 1.54) is 18.6 Å². The fourth-order valence-electron chi connectivity index (χ4n) is 0.944. The summed E-state index contributed by atoms with van der Waals surface area (Å²) >= 11 is 0. The van der Waals surface area contributed by atoms with Gasteiger partial charge in [-0.3, -0.25) is 14.8 Å². The van der Waals surface area contributed by atoms with Crippen molar-refractivity contribution in [1.82, 2.24) is 9.97 Å². The van der Waals surface area contributed by atoms with Gasteiger partial charge in [-0.15, -0.1) is 0 Å². The summed E-state index contributed by atoms with van der Waals surface area (Å²) < 4.78 is 0. The normalized spacial score (nSPS) is 14.9. The number of carboxylic acid groups (broad SMARTS) is 1. The second kappa shape index (κ2) is 3.95. The number of hydrogen-bond donors (Lipinski definition) is 2. The first-order chi connectivity index (χ1) is 6.13. The molecular weight excluding hydrogens is 170 g/mol. The highest BCUT2D eigenvalue weighted by molar-refractivity contribution is 5.74. The van der Waals surface area contributed by atoms with E-state index < -0.39 is 12.0 Å². The molecule has 0 aliphatic heterocycles. The Labute approximate surface area is 75.6 Å². The fraction of sp³-hybridized carbons (Fsp3) is 0.375. The molecule has 2 atom stereocenters. The third kappa shape index (κ3) is 2.22. The van der Waals surface area contributed by atoms with Crippen molar-refractivity contribution in [2.75, 3.05) is 0 Å². The molecule has 5 heteroatoms. The molecule has 0 saturated carbocycles. The maximum absolute atomic E-state index is 10.5. The minimum absolute atomic E-state index is 0.328. The Balaban J connectivity index is 2.79. The van der Waals surface area contributed by atoms with E-state index >= 15 is 0 Å². The van der Waals surface area contributed by atoms with Crippen LogP contribution in [0.25, 0.3) is 0 Å². The van der Waals surface area contributed by atoms with Crippen LogP contribution < -0.4 is 5.73 Å². The largest absolute Gasteiger partial charge is 0.480 e. The molecule has 0 aromatic carbocycles. The zero-order valence-electron chi connectivity index (χ0n) is 7.21. The number of hydrogen-bond acceptors (Lipinski definition) is 4. The van der Waals surface area contributed by atoms with Crippen LogP contribution in [0.5, 0.6) is 0 Å². The number of carboxylic acids is 1.